The summed E-state index contributed by atoms with van der Waals surface area (Å²) in [6.45, 7) is 7.77. The Balaban J connectivity index is 1.60. The Kier molecular flexibility index (Phi) is 4.74. The normalized spacial score (nSPS) is 16.1. The van der Waals surface area contributed by atoms with Crippen LogP contribution in [0.15, 0.2) is 24.7 Å². The lowest BCUT2D eigenvalue weighted by molar-refractivity contribution is 0.0707. The summed E-state index contributed by atoms with van der Waals surface area (Å²) in [7, 11) is 2.05. The van der Waals surface area contributed by atoms with Gasteiger partial charge < -0.3 is 9.80 Å². The van der Waals surface area contributed by atoms with Crippen molar-refractivity contribution in [1.82, 2.24) is 25.1 Å². The molecule has 7 nitrogen and oxygen atoms in total. The smallest absolute Gasteiger partial charge is 0.274 e. The van der Waals surface area contributed by atoms with E-state index in [4.69, 9.17) is 0 Å². The van der Waals surface area contributed by atoms with Gasteiger partial charge in [-0.3, -0.25) is 9.89 Å². The Morgan fingerprint density at radius 2 is 2.04 bits per heavy atom. The fourth-order valence-corrected chi connectivity index (χ4v) is 3.11. The van der Waals surface area contributed by atoms with Crippen LogP contribution < -0.4 is 4.90 Å². The fraction of sp³-hybridized carbons (Fsp3) is 0.556. The third-order valence-corrected chi connectivity index (χ3v) is 4.83. The lowest BCUT2D eigenvalue weighted by atomic mass is 9.92. The summed E-state index contributed by atoms with van der Waals surface area (Å²) in [6.07, 6.45) is 5.16. The number of likely N-dealkylation sites (tertiary alicyclic amines) is 1. The van der Waals surface area contributed by atoms with Crippen LogP contribution in [0.1, 0.15) is 49.8 Å². The van der Waals surface area contributed by atoms with Crippen LogP contribution in [0.2, 0.25) is 0 Å². The summed E-state index contributed by atoms with van der Waals surface area (Å²) in [5.41, 5.74) is 1.44. The number of carbonyl (C=O) groups excluding carboxylic acids is 1. The third-order valence-electron chi connectivity index (χ3n) is 4.83. The number of anilines is 1. The van der Waals surface area contributed by atoms with Crippen LogP contribution in [0.3, 0.4) is 0 Å². The van der Waals surface area contributed by atoms with Crippen molar-refractivity contribution in [3.8, 4) is 0 Å². The highest BCUT2D eigenvalue weighted by Crippen LogP contribution is 2.23. The van der Waals surface area contributed by atoms with Crippen molar-refractivity contribution in [1.29, 1.82) is 0 Å². The Labute approximate surface area is 148 Å². The van der Waals surface area contributed by atoms with E-state index in [0.717, 1.165) is 37.4 Å². The van der Waals surface area contributed by atoms with Gasteiger partial charge in [-0.25, -0.2) is 9.97 Å². The molecule has 1 amide bonds. The molecule has 0 unspecified atom stereocenters. The number of rotatable bonds is 3. The minimum absolute atomic E-state index is 0.00916. The molecule has 3 rings (SSSR count). The molecule has 3 heterocycles. The molecule has 0 bridgehead atoms. The number of hydrogen-bond acceptors (Lipinski definition) is 5. The van der Waals surface area contributed by atoms with Crippen LogP contribution in [0.4, 0.5) is 5.82 Å². The number of piperidine rings is 1. The second-order valence-corrected chi connectivity index (χ2v) is 7.62. The molecule has 1 aliphatic rings. The van der Waals surface area contributed by atoms with E-state index in [9.17, 15) is 4.79 Å². The maximum Gasteiger partial charge on any atom is 0.274 e. The summed E-state index contributed by atoms with van der Waals surface area (Å²) in [5, 5.41) is 7.21. The Bertz CT molecular complexity index is 713. The van der Waals surface area contributed by atoms with E-state index in [0.29, 0.717) is 11.7 Å². The molecule has 1 N–H and O–H groups in total. The summed E-state index contributed by atoms with van der Waals surface area (Å²) in [5.74, 6) is 0.928. The van der Waals surface area contributed by atoms with Crippen molar-refractivity contribution in [2.75, 3.05) is 25.0 Å². The monoisotopic (exact) mass is 342 g/mol. The van der Waals surface area contributed by atoms with Crippen LogP contribution in [0.25, 0.3) is 0 Å². The average Bonchev–Trinajstić information content (AvgIpc) is 3.12. The van der Waals surface area contributed by atoms with Gasteiger partial charge in [-0.2, -0.15) is 5.10 Å². The van der Waals surface area contributed by atoms with Gasteiger partial charge >= 0.3 is 0 Å². The predicted octanol–water partition coefficient (Wildman–Crippen LogP) is 2.24. The zero-order valence-corrected chi connectivity index (χ0v) is 15.4. The summed E-state index contributed by atoms with van der Waals surface area (Å²) >= 11 is 0. The quantitative estimate of drug-likeness (QED) is 0.925. The topological polar surface area (TPSA) is 78.0 Å². The highest BCUT2D eigenvalue weighted by atomic mass is 16.2. The second kappa shape index (κ2) is 6.82. The van der Waals surface area contributed by atoms with E-state index >= 15 is 0 Å². The van der Waals surface area contributed by atoms with Gasteiger partial charge in [0.25, 0.3) is 5.91 Å². The van der Waals surface area contributed by atoms with Crippen molar-refractivity contribution in [3.63, 3.8) is 0 Å². The Morgan fingerprint density at radius 3 is 2.60 bits per heavy atom. The number of H-pyrrole nitrogens is 1. The van der Waals surface area contributed by atoms with Crippen LogP contribution in [0, 0.1) is 0 Å². The SMILES string of the molecule is CN(c1ccncn1)C1CCN(C(=O)c2cc(C(C)(C)C)[nH]n2)CC1. The third kappa shape index (κ3) is 3.81. The number of aromatic nitrogens is 4. The maximum absolute atomic E-state index is 12.7. The number of carbonyl (C=O) groups is 1. The van der Waals surface area contributed by atoms with Gasteiger partial charge in [-0.1, -0.05) is 20.8 Å². The Morgan fingerprint density at radius 1 is 1.32 bits per heavy atom. The van der Waals surface area contributed by atoms with Gasteiger partial charge in [-0.15, -0.1) is 0 Å². The molecule has 2 aromatic rings. The van der Waals surface area contributed by atoms with Crippen molar-refractivity contribution < 1.29 is 4.79 Å². The number of amides is 1. The van der Waals surface area contributed by atoms with Gasteiger partial charge in [-0.05, 0) is 25.0 Å². The van der Waals surface area contributed by atoms with E-state index in [1.165, 1.54) is 0 Å². The summed E-state index contributed by atoms with van der Waals surface area (Å²) in [6, 6.07) is 4.17. The minimum Gasteiger partial charge on any atom is -0.356 e. The molecule has 0 atom stereocenters. The van der Waals surface area contributed by atoms with Crippen molar-refractivity contribution >= 4 is 11.7 Å². The molecule has 1 aliphatic heterocycles. The van der Waals surface area contributed by atoms with Gasteiger partial charge in [0.2, 0.25) is 0 Å². The molecule has 0 radical (unpaired) electrons. The molecular weight excluding hydrogens is 316 g/mol. The molecule has 25 heavy (non-hydrogen) atoms. The highest BCUT2D eigenvalue weighted by Gasteiger charge is 2.28. The summed E-state index contributed by atoms with van der Waals surface area (Å²) < 4.78 is 0. The van der Waals surface area contributed by atoms with Crippen molar-refractivity contribution in [3.05, 3.63) is 36.0 Å². The van der Waals surface area contributed by atoms with Crippen LogP contribution >= 0.6 is 0 Å². The molecule has 7 heteroatoms. The maximum atomic E-state index is 12.7. The molecule has 134 valence electrons. The lowest BCUT2D eigenvalue weighted by Gasteiger charge is -2.37. The summed E-state index contributed by atoms with van der Waals surface area (Å²) in [4.78, 5) is 25.0. The van der Waals surface area contributed by atoms with E-state index in [-0.39, 0.29) is 11.3 Å². The minimum atomic E-state index is -0.0429. The average molecular weight is 342 g/mol. The predicted molar refractivity (Wildman–Crippen MR) is 96.6 cm³/mol. The van der Waals surface area contributed by atoms with Gasteiger partial charge in [0.15, 0.2) is 0 Å². The lowest BCUT2D eigenvalue weighted by Crippen LogP contribution is -2.46. The molecule has 1 fully saturated rings. The first-order valence-electron chi connectivity index (χ1n) is 8.70. The fourth-order valence-electron chi connectivity index (χ4n) is 3.11. The van der Waals surface area contributed by atoms with Gasteiger partial charge in [0, 0.05) is 43.5 Å². The number of hydrogen-bond donors (Lipinski definition) is 1. The molecular formula is C18H26N6O. The van der Waals surface area contributed by atoms with Gasteiger partial charge in [0.05, 0.1) is 0 Å². The molecule has 0 aromatic carbocycles. The van der Waals surface area contributed by atoms with Crippen LogP contribution in [-0.4, -0.2) is 57.2 Å². The van der Waals surface area contributed by atoms with E-state index in [1.54, 1.807) is 12.5 Å². The number of nitrogens with zero attached hydrogens (tertiary/aromatic N) is 5. The Hall–Kier alpha value is -2.44. The zero-order chi connectivity index (χ0) is 18.0. The highest BCUT2D eigenvalue weighted by molar-refractivity contribution is 5.92. The largest absolute Gasteiger partial charge is 0.356 e. The van der Waals surface area contributed by atoms with E-state index in [2.05, 4.69) is 45.8 Å². The van der Waals surface area contributed by atoms with Crippen molar-refractivity contribution in [2.45, 2.75) is 45.1 Å². The van der Waals surface area contributed by atoms with Crippen molar-refractivity contribution in [2.24, 2.45) is 0 Å². The molecule has 2 aromatic heterocycles. The van der Waals surface area contributed by atoms with Gasteiger partial charge in [0.1, 0.15) is 17.8 Å². The molecule has 1 saturated heterocycles. The number of nitrogens with one attached hydrogen (secondary N) is 1. The molecule has 0 saturated carbocycles. The first-order chi connectivity index (χ1) is 11.9. The first kappa shape index (κ1) is 17.4. The standard InChI is InChI=1S/C18H26N6O/c1-18(2,3)15-11-14(21-22-15)17(25)24-9-6-13(7-10-24)23(4)16-5-8-19-12-20-16/h5,8,11-13H,6-7,9-10H2,1-4H3,(H,21,22). The van der Waals surface area contributed by atoms with Crippen LogP contribution in [0.5, 0.6) is 0 Å². The molecule has 0 spiro atoms. The number of aromatic amines is 1. The first-order valence-corrected chi connectivity index (χ1v) is 8.70. The zero-order valence-electron chi connectivity index (χ0n) is 15.4. The second-order valence-electron chi connectivity index (χ2n) is 7.62. The van der Waals surface area contributed by atoms with E-state index in [1.807, 2.05) is 24.1 Å². The molecule has 0 aliphatic carbocycles. The van der Waals surface area contributed by atoms with Crippen LogP contribution in [-0.2, 0) is 5.41 Å². The van der Waals surface area contributed by atoms with E-state index < -0.39 is 0 Å².